The number of H-pyrrole nitrogens is 1. The van der Waals surface area contributed by atoms with Crippen LogP contribution in [0.1, 0.15) is 16.7 Å². The van der Waals surface area contributed by atoms with E-state index >= 15 is 0 Å². The van der Waals surface area contributed by atoms with E-state index in [0.717, 1.165) is 37.4 Å². The maximum absolute atomic E-state index is 5.96. The molecule has 0 saturated heterocycles. The van der Waals surface area contributed by atoms with Gasteiger partial charge < -0.3 is 15.5 Å². The van der Waals surface area contributed by atoms with Crippen LogP contribution in [0.25, 0.3) is 11.0 Å². The Labute approximate surface area is 169 Å². The molecule has 0 fully saturated rings. The molecular formula is C22H23N7. The Morgan fingerprint density at radius 3 is 2.76 bits per heavy atom. The Kier molecular flexibility index (Phi) is 4.27. The summed E-state index contributed by atoms with van der Waals surface area (Å²) >= 11 is 0. The van der Waals surface area contributed by atoms with Crippen molar-refractivity contribution < 1.29 is 0 Å². The molecule has 7 heteroatoms. The summed E-state index contributed by atoms with van der Waals surface area (Å²) in [7, 11) is 0. The van der Waals surface area contributed by atoms with E-state index < -0.39 is 0 Å². The fraction of sp³-hybridized carbons (Fsp3) is 0.227. The van der Waals surface area contributed by atoms with Crippen molar-refractivity contribution in [1.82, 2.24) is 20.2 Å². The summed E-state index contributed by atoms with van der Waals surface area (Å²) in [6.45, 7) is 5.53. The number of benzene rings is 2. The summed E-state index contributed by atoms with van der Waals surface area (Å²) in [5.41, 5.74) is 11.8. The number of para-hydroxylation sites is 1. The molecule has 0 radical (unpaired) electrons. The van der Waals surface area contributed by atoms with Crippen LogP contribution in [-0.2, 0) is 13.1 Å². The standard InChI is InChI=1S/C22H23N7/c1-15-6-2-3-7-16(15)13-28-10-11-29(14-17-8-4-5-9-19(17)28)21-18-12-24-27-20(18)25-22(23)26-21/h2-9,12H,10-11,13-14H2,1H3,(H3,23,24,25,26,27). The van der Waals surface area contributed by atoms with Crippen molar-refractivity contribution in [2.75, 3.05) is 28.6 Å². The van der Waals surface area contributed by atoms with Gasteiger partial charge in [-0.2, -0.15) is 15.1 Å². The van der Waals surface area contributed by atoms with Crippen LogP contribution in [0, 0.1) is 6.92 Å². The fourth-order valence-corrected chi connectivity index (χ4v) is 4.02. The second kappa shape index (κ2) is 7.09. The molecule has 3 heterocycles. The minimum Gasteiger partial charge on any atom is -0.368 e. The SMILES string of the molecule is Cc1ccccc1CN1CCN(c2nc(N)nc3[nH]ncc23)Cc2ccccc21. The van der Waals surface area contributed by atoms with Crippen LogP contribution < -0.4 is 15.5 Å². The largest absolute Gasteiger partial charge is 0.368 e. The summed E-state index contributed by atoms with van der Waals surface area (Å²) in [5.74, 6) is 1.08. The molecule has 0 spiro atoms. The minimum atomic E-state index is 0.256. The third-order valence-electron chi connectivity index (χ3n) is 5.56. The number of fused-ring (bicyclic) bond motifs is 2. The number of anilines is 3. The monoisotopic (exact) mass is 385 g/mol. The van der Waals surface area contributed by atoms with E-state index in [2.05, 4.69) is 85.4 Å². The van der Waals surface area contributed by atoms with Gasteiger partial charge in [-0.05, 0) is 29.7 Å². The summed E-state index contributed by atoms with van der Waals surface area (Å²) in [6.07, 6.45) is 1.77. The zero-order valence-electron chi connectivity index (χ0n) is 16.3. The van der Waals surface area contributed by atoms with Crippen LogP contribution >= 0.6 is 0 Å². The van der Waals surface area contributed by atoms with Crippen molar-refractivity contribution in [2.24, 2.45) is 0 Å². The van der Waals surface area contributed by atoms with Crippen LogP contribution in [0.4, 0.5) is 17.5 Å². The van der Waals surface area contributed by atoms with Crippen LogP contribution in [0.15, 0.2) is 54.7 Å². The maximum atomic E-state index is 5.96. The highest BCUT2D eigenvalue weighted by Crippen LogP contribution is 2.31. The van der Waals surface area contributed by atoms with Gasteiger partial charge in [0.15, 0.2) is 5.65 Å². The predicted octanol–water partition coefficient (Wildman–Crippen LogP) is 3.27. The Morgan fingerprint density at radius 1 is 1.03 bits per heavy atom. The van der Waals surface area contributed by atoms with Gasteiger partial charge in [-0.25, -0.2) is 0 Å². The number of nitrogens with zero attached hydrogens (tertiary/aromatic N) is 5. The van der Waals surface area contributed by atoms with Crippen LogP contribution in [0.2, 0.25) is 0 Å². The third-order valence-corrected chi connectivity index (χ3v) is 5.56. The number of aromatic amines is 1. The Bertz CT molecular complexity index is 1170. The normalized spacial score (nSPS) is 14.1. The van der Waals surface area contributed by atoms with Crippen LogP contribution in [-0.4, -0.2) is 33.3 Å². The minimum absolute atomic E-state index is 0.256. The molecule has 4 aromatic rings. The lowest BCUT2D eigenvalue weighted by Crippen LogP contribution is -2.32. The van der Waals surface area contributed by atoms with E-state index in [9.17, 15) is 0 Å². The smallest absolute Gasteiger partial charge is 0.224 e. The number of nitrogens with two attached hydrogens (primary N) is 1. The third kappa shape index (κ3) is 3.24. The molecule has 0 amide bonds. The number of hydrogen-bond acceptors (Lipinski definition) is 6. The summed E-state index contributed by atoms with van der Waals surface area (Å²) in [4.78, 5) is 13.5. The van der Waals surface area contributed by atoms with E-state index in [1.54, 1.807) is 6.20 Å². The van der Waals surface area contributed by atoms with Crippen LogP contribution in [0.3, 0.4) is 0 Å². The van der Waals surface area contributed by atoms with Gasteiger partial charge in [0, 0.05) is 31.9 Å². The molecule has 0 aliphatic carbocycles. The molecule has 1 aliphatic heterocycles. The van der Waals surface area contributed by atoms with Gasteiger partial charge >= 0.3 is 0 Å². The number of nitrogen functional groups attached to an aromatic ring is 1. The average Bonchev–Trinajstić information content (AvgIpc) is 3.11. The summed E-state index contributed by atoms with van der Waals surface area (Å²) in [6, 6.07) is 17.2. The number of nitrogens with one attached hydrogen (secondary N) is 1. The van der Waals surface area contributed by atoms with Gasteiger partial charge in [0.2, 0.25) is 5.95 Å². The Hall–Kier alpha value is -3.61. The average molecular weight is 385 g/mol. The first-order valence-corrected chi connectivity index (χ1v) is 9.78. The van der Waals surface area contributed by atoms with Crippen molar-refractivity contribution in [3.05, 3.63) is 71.4 Å². The van der Waals surface area contributed by atoms with E-state index in [-0.39, 0.29) is 5.95 Å². The van der Waals surface area contributed by atoms with E-state index in [4.69, 9.17) is 5.73 Å². The van der Waals surface area contributed by atoms with Gasteiger partial charge in [-0.1, -0.05) is 42.5 Å². The first-order valence-electron chi connectivity index (χ1n) is 9.78. The molecular weight excluding hydrogens is 362 g/mol. The van der Waals surface area contributed by atoms with Gasteiger partial charge in [-0.15, -0.1) is 0 Å². The number of aryl methyl sites for hydroxylation is 1. The molecule has 1 aliphatic rings. The van der Waals surface area contributed by atoms with E-state index in [0.29, 0.717) is 5.65 Å². The molecule has 0 bridgehead atoms. The second-order valence-electron chi connectivity index (χ2n) is 7.44. The van der Waals surface area contributed by atoms with Crippen molar-refractivity contribution in [2.45, 2.75) is 20.0 Å². The Balaban J connectivity index is 1.52. The van der Waals surface area contributed by atoms with Gasteiger partial charge in [0.1, 0.15) is 5.82 Å². The Morgan fingerprint density at radius 2 is 1.86 bits per heavy atom. The second-order valence-corrected chi connectivity index (χ2v) is 7.44. The molecule has 7 nitrogen and oxygen atoms in total. The molecule has 5 rings (SSSR count). The van der Waals surface area contributed by atoms with Crippen LogP contribution in [0.5, 0.6) is 0 Å². The highest BCUT2D eigenvalue weighted by Gasteiger charge is 2.23. The van der Waals surface area contributed by atoms with E-state index in [1.807, 2.05) is 0 Å². The zero-order chi connectivity index (χ0) is 19.8. The van der Waals surface area contributed by atoms with Crippen molar-refractivity contribution in [1.29, 1.82) is 0 Å². The van der Waals surface area contributed by atoms with Crippen molar-refractivity contribution in [3.8, 4) is 0 Å². The number of hydrogen-bond donors (Lipinski definition) is 2. The highest BCUT2D eigenvalue weighted by molar-refractivity contribution is 5.87. The molecule has 146 valence electrons. The molecule has 29 heavy (non-hydrogen) atoms. The predicted molar refractivity (Wildman–Crippen MR) is 116 cm³/mol. The lowest BCUT2D eigenvalue weighted by atomic mass is 10.1. The molecule has 0 unspecified atom stereocenters. The quantitative estimate of drug-likeness (QED) is 0.563. The number of aromatic nitrogens is 4. The summed E-state index contributed by atoms with van der Waals surface area (Å²) in [5, 5.41) is 7.92. The highest BCUT2D eigenvalue weighted by atomic mass is 15.3. The first kappa shape index (κ1) is 17.5. The number of rotatable bonds is 3. The fourth-order valence-electron chi connectivity index (χ4n) is 4.02. The molecule has 2 aromatic carbocycles. The van der Waals surface area contributed by atoms with Gasteiger partial charge in [0.05, 0.1) is 11.6 Å². The lowest BCUT2D eigenvalue weighted by Gasteiger charge is -2.26. The molecule has 0 atom stereocenters. The molecule has 2 aromatic heterocycles. The van der Waals surface area contributed by atoms with Crippen molar-refractivity contribution >= 4 is 28.5 Å². The topological polar surface area (TPSA) is 87.0 Å². The van der Waals surface area contributed by atoms with Gasteiger partial charge in [-0.3, -0.25) is 5.10 Å². The molecule has 0 saturated carbocycles. The zero-order valence-corrected chi connectivity index (χ0v) is 16.3. The van der Waals surface area contributed by atoms with Crippen molar-refractivity contribution in [3.63, 3.8) is 0 Å². The van der Waals surface area contributed by atoms with E-state index in [1.165, 1.54) is 22.4 Å². The van der Waals surface area contributed by atoms with Gasteiger partial charge in [0.25, 0.3) is 0 Å². The first-order chi connectivity index (χ1) is 14.2. The summed E-state index contributed by atoms with van der Waals surface area (Å²) < 4.78 is 0. The lowest BCUT2D eigenvalue weighted by molar-refractivity contribution is 0.750. The molecule has 3 N–H and O–H groups in total. The maximum Gasteiger partial charge on any atom is 0.224 e.